The van der Waals surface area contributed by atoms with Gasteiger partial charge in [-0.3, -0.25) is 0 Å². The van der Waals surface area contributed by atoms with Gasteiger partial charge < -0.3 is 15.3 Å². The van der Waals surface area contributed by atoms with Crippen LogP contribution in [0.2, 0.25) is 0 Å². The maximum absolute atomic E-state index is 8.89. The zero-order valence-corrected chi connectivity index (χ0v) is 11.4. The van der Waals surface area contributed by atoms with Gasteiger partial charge in [0.25, 0.3) is 0 Å². The smallest absolute Gasteiger partial charge is 0.0556 e. The third-order valence-electron chi connectivity index (χ3n) is 3.72. The molecule has 0 saturated carbocycles. The Morgan fingerprint density at radius 2 is 2.06 bits per heavy atom. The fourth-order valence-corrected chi connectivity index (χ4v) is 2.92. The molecule has 100 valence electrons. The summed E-state index contributed by atoms with van der Waals surface area (Å²) in [6.07, 6.45) is 2.43. The van der Waals surface area contributed by atoms with Crippen LogP contribution in [0.15, 0.2) is 18.2 Å². The molecule has 3 nitrogen and oxygen atoms in total. The predicted molar refractivity (Wildman–Crippen MR) is 76.2 cm³/mol. The SMILES string of the molecule is Cc1cccc(C)c1N1CCCC(NCCO)C1. The van der Waals surface area contributed by atoms with E-state index in [1.807, 2.05) is 0 Å². The maximum Gasteiger partial charge on any atom is 0.0556 e. The van der Waals surface area contributed by atoms with E-state index < -0.39 is 0 Å². The minimum Gasteiger partial charge on any atom is -0.395 e. The molecule has 1 saturated heterocycles. The fourth-order valence-electron chi connectivity index (χ4n) is 2.92. The molecule has 0 aliphatic carbocycles. The van der Waals surface area contributed by atoms with E-state index >= 15 is 0 Å². The lowest BCUT2D eigenvalue weighted by Crippen LogP contribution is -2.46. The molecule has 1 aromatic rings. The Balaban J connectivity index is 2.08. The molecule has 2 rings (SSSR count). The van der Waals surface area contributed by atoms with Crippen molar-refractivity contribution in [1.29, 1.82) is 0 Å². The van der Waals surface area contributed by atoms with E-state index in [2.05, 4.69) is 42.3 Å². The van der Waals surface area contributed by atoms with Crippen molar-refractivity contribution in [2.45, 2.75) is 32.7 Å². The van der Waals surface area contributed by atoms with E-state index in [4.69, 9.17) is 5.11 Å². The number of piperidine rings is 1. The van der Waals surface area contributed by atoms with Crippen molar-refractivity contribution >= 4 is 5.69 Å². The molecule has 1 heterocycles. The van der Waals surface area contributed by atoms with Crippen molar-refractivity contribution in [2.24, 2.45) is 0 Å². The average molecular weight is 248 g/mol. The minimum absolute atomic E-state index is 0.222. The summed E-state index contributed by atoms with van der Waals surface area (Å²) >= 11 is 0. The molecule has 3 heteroatoms. The minimum atomic E-state index is 0.222. The van der Waals surface area contributed by atoms with Crippen molar-refractivity contribution in [1.82, 2.24) is 5.32 Å². The van der Waals surface area contributed by atoms with Gasteiger partial charge in [-0.15, -0.1) is 0 Å². The molecule has 1 atom stereocenters. The van der Waals surface area contributed by atoms with Crippen molar-refractivity contribution in [3.63, 3.8) is 0 Å². The summed E-state index contributed by atoms with van der Waals surface area (Å²) in [7, 11) is 0. The van der Waals surface area contributed by atoms with Gasteiger partial charge >= 0.3 is 0 Å². The summed E-state index contributed by atoms with van der Waals surface area (Å²) in [5.74, 6) is 0. The van der Waals surface area contributed by atoms with Crippen LogP contribution >= 0.6 is 0 Å². The van der Waals surface area contributed by atoms with Gasteiger partial charge in [-0.05, 0) is 37.8 Å². The second kappa shape index (κ2) is 6.21. The normalized spacial score (nSPS) is 20.2. The molecular formula is C15H24N2O. The molecule has 0 bridgehead atoms. The van der Waals surface area contributed by atoms with Crippen molar-refractivity contribution < 1.29 is 5.11 Å². The summed E-state index contributed by atoms with van der Waals surface area (Å²) in [4.78, 5) is 2.49. The van der Waals surface area contributed by atoms with Gasteiger partial charge in [-0.2, -0.15) is 0 Å². The number of hydrogen-bond donors (Lipinski definition) is 2. The van der Waals surface area contributed by atoms with E-state index in [1.165, 1.54) is 29.7 Å². The molecular weight excluding hydrogens is 224 g/mol. The molecule has 0 spiro atoms. The molecule has 1 aromatic carbocycles. The van der Waals surface area contributed by atoms with E-state index in [9.17, 15) is 0 Å². The van der Waals surface area contributed by atoms with Gasteiger partial charge in [0.1, 0.15) is 0 Å². The van der Waals surface area contributed by atoms with Gasteiger partial charge in [0.05, 0.1) is 6.61 Å². The van der Waals surface area contributed by atoms with Crippen LogP contribution in [0.3, 0.4) is 0 Å². The topological polar surface area (TPSA) is 35.5 Å². The van der Waals surface area contributed by atoms with E-state index in [0.717, 1.165) is 13.1 Å². The Hall–Kier alpha value is -1.06. The first kappa shape index (κ1) is 13.4. The Labute approximate surface area is 110 Å². The lowest BCUT2D eigenvalue weighted by Gasteiger charge is -2.36. The zero-order chi connectivity index (χ0) is 13.0. The van der Waals surface area contributed by atoms with Crippen LogP contribution in [0.4, 0.5) is 5.69 Å². The third kappa shape index (κ3) is 3.03. The number of rotatable bonds is 4. The summed E-state index contributed by atoms with van der Waals surface area (Å²) in [6.45, 7) is 7.49. The van der Waals surface area contributed by atoms with E-state index in [0.29, 0.717) is 12.6 Å². The van der Waals surface area contributed by atoms with Crippen LogP contribution in [0.1, 0.15) is 24.0 Å². The summed E-state index contributed by atoms with van der Waals surface area (Å²) in [5, 5.41) is 12.3. The highest BCUT2D eigenvalue weighted by Gasteiger charge is 2.21. The van der Waals surface area contributed by atoms with Crippen LogP contribution in [-0.4, -0.2) is 37.4 Å². The number of hydrogen-bond acceptors (Lipinski definition) is 3. The Morgan fingerprint density at radius 1 is 1.33 bits per heavy atom. The lowest BCUT2D eigenvalue weighted by molar-refractivity contribution is 0.278. The number of nitrogens with zero attached hydrogens (tertiary/aromatic N) is 1. The van der Waals surface area contributed by atoms with Gasteiger partial charge in [-0.25, -0.2) is 0 Å². The Morgan fingerprint density at radius 3 is 2.72 bits per heavy atom. The van der Waals surface area contributed by atoms with Crippen LogP contribution in [0.5, 0.6) is 0 Å². The van der Waals surface area contributed by atoms with E-state index in [-0.39, 0.29) is 6.61 Å². The van der Waals surface area contributed by atoms with Crippen LogP contribution in [0.25, 0.3) is 0 Å². The van der Waals surface area contributed by atoms with Crippen LogP contribution in [0, 0.1) is 13.8 Å². The number of benzene rings is 1. The number of aryl methyl sites for hydroxylation is 2. The lowest BCUT2D eigenvalue weighted by atomic mass is 10.0. The molecule has 1 unspecified atom stereocenters. The fraction of sp³-hybridized carbons (Fsp3) is 0.600. The number of aliphatic hydroxyl groups excluding tert-OH is 1. The quantitative estimate of drug-likeness (QED) is 0.853. The van der Waals surface area contributed by atoms with Crippen molar-refractivity contribution in [3.8, 4) is 0 Å². The first-order chi connectivity index (χ1) is 8.72. The molecule has 1 aliphatic heterocycles. The first-order valence-corrected chi connectivity index (χ1v) is 6.88. The van der Waals surface area contributed by atoms with Crippen molar-refractivity contribution in [2.75, 3.05) is 31.1 Å². The van der Waals surface area contributed by atoms with Gasteiger partial charge in [0, 0.05) is 31.4 Å². The largest absolute Gasteiger partial charge is 0.395 e. The average Bonchev–Trinajstić information content (AvgIpc) is 2.37. The molecule has 1 fully saturated rings. The highest BCUT2D eigenvalue weighted by molar-refractivity contribution is 5.59. The molecule has 0 amide bonds. The number of aliphatic hydroxyl groups is 1. The maximum atomic E-state index is 8.89. The zero-order valence-electron chi connectivity index (χ0n) is 11.4. The summed E-state index contributed by atoms with van der Waals surface area (Å²) in [6, 6.07) is 7.00. The molecule has 2 N–H and O–H groups in total. The number of nitrogens with one attached hydrogen (secondary N) is 1. The molecule has 0 aromatic heterocycles. The van der Waals surface area contributed by atoms with Gasteiger partial charge in [0.15, 0.2) is 0 Å². The summed E-state index contributed by atoms with van der Waals surface area (Å²) < 4.78 is 0. The summed E-state index contributed by atoms with van der Waals surface area (Å²) in [5.41, 5.74) is 4.11. The van der Waals surface area contributed by atoms with Gasteiger partial charge in [-0.1, -0.05) is 18.2 Å². The molecule has 1 aliphatic rings. The van der Waals surface area contributed by atoms with E-state index in [1.54, 1.807) is 0 Å². The Kier molecular flexibility index (Phi) is 4.61. The van der Waals surface area contributed by atoms with Crippen LogP contribution < -0.4 is 10.2 Å². The molecule has 18 heavy (non-hydrogen) atoms. The molecule has 0 radical (unpaired) electrons. The van der Waals surface area contributed by atoms with Crippen molar-refractivity contribution in [3.05, 3.63) is 29.3 Å². The predicted octanol–water partition coefficient (Wildman–Crippen LogP) is 1.85. The standard InChI is InChI=1S/C15H24N2O/c1-12-5-3-6-13(2)15(12)17-9-4-7-14(11-17)16-8-10-18/h3,5-6,14,16,18H,4,7-11H2,1-2H3. The Bertz CT molecular complexity index is 372. The monoisotopic (exact) mass is 248 g/mol. The van der Waals surface area contributed by atoms with Crippen LogP contribution in [-0.2, 0) is 0 Å². The number of para-hydroxylation sites is 1. The second-order valence-electron chi connectivity index (χ2n) is 5.20. The highest BCUT2D eigenvalue weighted by Crippen LogP contribution is 2.27. The highest BCUT2D eigenvalue weighted by atomic mass is 16.3. The third-order valence-corrected chi connectivity index (χ3v) is 3.72. The second-order valence-corrected chi connectivity index (χ2v) is 5.20. The first-order valence-electron chi connectivity index (χ1n) is 6.88. The number of anilines is 1. The van der Waals surface area contributed by atoms with Gasteiger partial charge in [0.2, 0.25) is 0 Å².